The maximum absolute atomic E-state index is 12.9. The van der Waals surface area contributed by atoms with Crippen molar-refractivity contribution in [3.8, 4) is 0 Å². The summed E-state index contributed by atoms with van der Waals surface area (Å²) in [6, 6.07) is 7.05. The lowest BCUT2D eigenvalue weighted by Gasteiger charge is -2.16. The van der Waals surface area contributed by atoms with Crippen molar-refractivity contribution >= 4 is 11.5 Å². The Morgan fingerprint density at radius 3 is 2.42 bits per heavy atom. The molecule has 2 N–H and O–H groups in total. The molecule has 2 rings (SSSR count). The monoisotopic (exact) mass is 365 g/mol. The van der Waals surface area contributed by atoms with Gasteiger partial charge in [-0.2, -0.15) is 13.2 Å². The smallest absolute Gasteiger partial charge is 0.340 e. The predicted molar refractivity (Wildman–Crippen MR) is 99.6 cm³/mol. The maximum atomic E-state index is 12.9. The predicted octanol–water partition coefficient (Wildman–Crippen LogP) is 5.71. The lowest BCUT2D eigenvalue weighted by molar-refractivity contribution is -0.137. The van der Waals surface area contributed by atoms with E-state index in [0.29, 0.717) is 17.4 Å². The summed E-state index contributed by atoms with van der Waals surface area (Å²) in [6.07, 6.45) is -2.57. The van der Waals surface area contributed by atoms with E-state index in [1.54, 1.807) is 12.3 Å². The van der Waals surface area contributed by atoms with Gasteiger partial charge >= 0.3 is 6.18 Å². The Balaban J connectivity index is 2.19. The summed E-state index contributed by atoms with van der Waals surface area (Å²) in [7, 11) is 0. The van der Waals surface area contributed by atoms with Gasteiger partial charge in [0, 0.05) is 18.4 Å². The molecule has 1 aromatic heterocycles. The number of hydrogen-bond acceptors (Lipinski definition) is 3. The van der Waals surface area contributed by atoms with Crippen molar-refractivity contribution in [1.29, 1.82) is 0 Å². The van der Waals surface area contributed by atoms with Crippen molar-refractivity contribution in [2.24, 2.45) is 5.92 Å². The summed E-state index contributed by atoms with van der Waals surface area (Å²) in [5.41, 5.74) is 1.93. The molecule has 0 atom stereocenters. The highest BCUT2D eigenvalue weighted by Gasteiger charge is 2.30. The highest BCUT2D eigenvalue weighted by molar-refractivity contribution is 5.58. The van der Waals surface area contributed by atoms with Gasteiger partial charge in [-0.3, -0.25) is 0 Å². The van der Waals surface area contributed by atoms with E-state index in [2.05, 4.69) is 43.3 Å². The van der Waals surface area contributed by atoms with E-state index < -0.39 is 11.7 Å². The Hall–Kier alpha value is -2.08. The first-order valence-corrected chi connectivity index (χ1v) is 8.80. The minimum Gasteiger partial charge on any atom is -0.340 e. The molecule has 0 saturated heterocycles. The molecule has 0 amide bonds. The standard InChI is InChI=1S/C20H26F3N3/c1-13(2)10-24-11-15-12-25-19(9-18(15)14(3)4)26-17-7-5-6-16(8-17)20(21,22)23/h5-9,12-14,24H,10-11H2,1-4H3,(H,25,26). The van der Waals surface area contributed by atoms with Crippen molar-refractivity contribution in [1.82, 2.24) is 10.3 Å². The van der Waals surface area contributed by atoms with E-state index >= 15 is 0 Å². The number of nitrogens with one attached hydrogen (secondary N) is 2. The lowest BCUT2D eigenvalue weighted by atomic mass is 9.98. The molecule has 3 nitrogen and oxygen atoms in total. The summed E-state index contributed by atoms with van der Waals surface area (Å²) in [4.78, 5) is 4.37. The zero-order chi connectivity index (χ0) is 19.3. The number of anilines is 2. The molecule has 0 unspecified atom stereocenters. The van der Waals surface area contributed by atoms with Crippen LogP contribution in [-0.2, 0) is 12.7 Å². The first-order valence-electron chi connectivity index (χ1n) is 8.80. The van der Waals surface area contributed by atoms with Crippen molar-refractivity contribution < 1.29 is 13.2 Å². The summed E-state index contributed by atoms with van der Waals surface area (Å²) < 4.78 is 38.6. The topological polar surface area (TPSA) is 37.0 Å². The van der Waals surface area contributed by atoms with Crippen molar-refractivity contribution in [3.05, 3.63) is 53.2 Å². The van der Waals surface area contributed by atoms with Crippen molar-refractivity contribution in [3.63, 3.8) is 0 Å². The molecule has 0 fully saturated rings. The van der Waals surface area contributed by atoms with E-state index in [4.69, 9.17) is 0 Å². The Morgan fingerprint density at radius 2 is 1.81 bits per heavy atom. The molecule has 0 aliphatic heterocycles. The van der Waals surface area contributed by atoms with E-state index in [1.807, 2.05) is 6.07 Å². The highest BCUT2D eigenvalue weighted by Crippen LogP contribution is 2.31. The Labute approximate surface area is 153 Å². The van der Waals surface area contributed by atoms with E-state index in [0.717, 1.165) is 36.3 Å². The second-order valence-corrected chi connectivity index (χ2v) is 7.15. The van der Waals surface area contributed by atoms with Crippen LogP contribution in [0.5, 0.6) is 0 Å². The minimum atomic E-state index is -4.36. The zero-order valence-corrected chi connectivity index (χ0v) is 15.6. The van der Waals surface area contributed by atoms with Gasteiger partial charge in [0.25, 0.3) is 0 Å². The summed E-state index contributed by atoms with van der Waals surface area (Å²) in [5.74, 6) is 1.39. The van der Waals surface area contributed by atoms with E-state index in [1.165, 1.54) is 6.07 Å². The minimum absolute atomic E-state index is 0.288. The van der Waals surface area contributed by atoms with Crippen LogP contribution in [0.4, 0.5) is 24.7 Å². The van der Waals surface area contributed by atoms with Crippen LogP contribution in [-0.4, -0.2) is 11.5 Å². The maximum Gasteiger partial charge on any atom is 0.416 e. The molecular formula is C20H26F3N3. The van der Waals surface area contributed by atoms with E-state index in [-0.39, 0.29) is 5.92 Å². The Morgan fingerprint density at radius 1 is 1.08 bits per heavy atom. The number of halogens is 3. The van der Waals surface area contributed by atoms with Crippen LogP contribution >= 0.6 is 0 Å². The number of hydrogen-bond donors (Lipinski definition) is 2. The van der Waals surface area contributed by atoms with Crippen LogP contribution in [0.2, 0.25) is 0 Å². The zero-order valence-electron chi connectivity index (χ0n) is 15.6. The third-order valence-corrected chi connectivity index (χ3v) is 3.97. The Kier molecular flexibility index (Phi) is 6.64. The molecule has 0 saturated carbocycles. The fourth-order valence-electron chi connectivity index (χ4n) is 2.67. The SMILES string of the molecule is CC(C)CNCc1cnc(Nc2cccc(C(F)(F)F)c2)cc1C(C)C. The van der Waals surface area contributed by atoms with Crippen LogP contribution in [0.25, 0.3) is 0 Å². The van der Waals surface area contributed by atoms with Gasteiger partial charge in [-0.1, -0.05) is 33.8 Å². The first kappa shape index (κ1) is 20.2. The van der Waals surface area contributed by atoms with Crippen molar-refractivity contribution in [2.75, 3.05) is 11.9 Å². The van der Waals surface area contributed by atoms with Crippen LogP contribution in [0, 0.1) is 5.92 Å². The van der Waals surface area contributed by atoms with Gasteiger partial charge in [0.15, 0.2) is 0 Å². The van der Waals surface area contributed by atoms with Crippen molar-refractivity contribution in [2.45, 2.75) is 46.3 Å². The van der Waals surface area contributed by atoms with Gasteiger partial charge in [0.1, 0.15) is 5.82 Å². The van der Waals surface area contributed by atoms with Crippen LogP contribution in [0.3, 0.4) is 0 Å². The molecule has 1 aromatic carbocycles. The fourth-order valence-corrected chi connectivity index (χ4v) is 2.67. The number of benzene rings is 1. The number of pyridine rings is 1. The molecular weight excluding hydrogens is 339 g/mol. The number of aromatic nitrogens is 1. The molecule has 0 aliphatic rings. The van der Waals surface area contributed by atoms with Gasteiger partial charge in [-0.05, 0) is 53.8 Å². The second kappa shape index (κ2) is 8.54. The molecule has 1 heterocycles. The number of alkyl halides is 3. The average molecular weight is 365 g/mol. The first-order chi connectivity index (χ1) is 12.2. The van der Waals surface area contributed by atoms with Crippen LogP contribution < -0.4 is 10.6 Å². The molecule has 26 heavy (non-hydrogen) atoms. The van der Waals surface area contributed by atoms with Gasteiger partial charge in [-0.25, -0.2) is 4.98 Å². The molecule has 0 bridgehead atoms. The molecule has 6 heteroatoms. The lowest BCUT2D eigenvalue weighted by Crippen LogP contribution is -2.20. The van der Waals surface area contributed by atoms with Gasteiger partial charge < -0.3 is 10.6 Å². The van der Waals surface area contributed by atoms with Gasteiger partial charge in [0.2, 0.25) is 0 Å². The molecule has 0 aliphatic carbocycles. The normalized spacial score (nSPS) is 12.0. The molecule has 0 radical (unpaired) electrons. The van der Waals surface area contributed by atoms with Crippen LogP contribution in [0.15, 0.2) is 36.5 Å². The number of rotatable bonds is 7. The van der Waals surface area contributed by atoms with Gasteiger partial charge in [-0.15, -0.1) is 0 Å². The fraction of sp³-hybridized carbons (Fsp3) is 0.450. The quantitative estimate of drug-likeness (QED) is 0.659. The third-order valence-electron chi connectivity index (χ3n) is 3.97. The average Bonchev–Trinajstić information content (AvgIpc) is 2.55. The van der Waals surface area contributed by atoms with Crippen LogP contribution in [0.1, 0.15) is 50.3 Å². The Bertz CT molecular complexity index is 724. The summed E-state index contributed by atoms with van der Waals surface area (Å²) in [6.45, 7) is 10.1. The molecule has 142 valence electrons. The number of nitrogens with zero attached hydrogens (tertiary/aromatic N) is 1. The second-order valence-electron chi connectivity index (χ2n) is 7.15. The van der Waals surface area contributed by atoms with Gasteiger partial charge in [0.05, 0.1) is 5.56 Å². The van der Waals surface area contributed by atoms with E-state index in [9.17, 15) is 13.2 Å². The third kappa shape index (κ3) is 5.73. The largest absolute Gasteiger partial charge is 0.416 e. The molecule has 0 spiro atoms. The summed E-state index contributed by atoms with van der Waals surface area (Å²) in [5, 5.41) is 6.39. The summed E-state index contributed by atoms with van der Waals surface area (Å²) >= 11 is 0. The molecule has 2 aromatic rings. The highest BCUT2D eigenvalue weighted by atomic mass is 19.4.